The van der Waals surface area contributed by atoms with Gasteiger partial charge in [-0.3, -0.25) is 4.79 Å². The van der Waals surface area contributed by atoms with Gasteiger partial charge in [-0.15, -0.1) is 11.1 Å². The molecule has 0 saturated heterocycles. The molecule has 9 nitrogen and oxygen atoms in total. The molecule has 0 unspecified atom stereocenters. The Labute approximate surface area is 264 Å². The van der Waals surface area contributed by atoms with Gasteiger partial charge in [-0.1, -0.05) is 69.3 Å². The first-order valence-corrected chi connectivity index (χ1v) is 20.6. The third-order valence-corrected chi connectivity index (χ3v) is 7.23. The minimum absolute atomic E-state index is 0. The van der Waals surface area contributed by atoms with Crippen LogP contribution < -0.4 is 10.7 Å². The first-order valence-electron chi connectivity index (χ1n) is 13.6. The number of carbonyl (C=O) groups is 3. The standard InChI is InChI=1S/C17H21NO4Si.C16H17NO3Si.3H2/c1-21-16(19)12-15(17(20)22-2)18-14-9-7-6-8-13(14)10-11-23(3,4)5;1-20-16(19)13-10-14(18)12-7-5-6-11(15(12)17-13)8-9-21(2,3)4;;;/h6-9,12,18H,1-5H3;5-7,10H,1-4H3,(H,17,18);3*1H/b15-12+;;;;. The van der Waals surface area contributed by atoms with Gasteiger partial charge >= 0.3 is 17.9 Å². The lowest BCUT2D eigenvalue weighted by atomic mass is 10.1. The lowest BCUT2D eigenvalue weighted by molar-refractivity contribution is -0.138. The topological polar surface area (TPSA) is 124 Å². The van der Waals surface area contributed by atoms with Crippen LogP contribution in [0.3, 0.4) is 0 Å². The van der Waals surface area contributed by atoms with E-state index in [9.17, 15) is 19.2 Å². The van der Waals surface area contributed by atoms with Crippen molar-refractivity contribution >= 4 is 50.6 Å². The number of hydrogen-bond donors (Lipinski definition) is 2. The molecule has 0 saturated carbocycles. The van der Waals surface area contributed by atoms with Crippen molar-refractivity contribution in [2.45, 2.75) is 39.3 Å². The first kappa shape index (κ1) is 35.4. The van der Waals surface area contributed by atoms with Crippen LogP contribution >= 0.6 is 0 Å². The lowest BCUT2D eigenvalue weighted by Gasteiger charge is -2.11. The van der Waals surface area contributed by atoms with E-state index >= 15 is 0 Å². The van der Waals surface area contributed by atoms with Crippen LogP contribution in [0.25, 0.3) is 10.9 Å². The monoisotopic (exact) mass is 636 g/mol. The van der Waals surface area contributed by atoms with Gasteiger partial charge in [-0.25, -0.2) is 14.4 Å². The van der Waals surface area contributed by atoms with Crippen LogP contribution in [-0.2, 0) is 23.8 Å². The largest absolute Gasteiger partial charge is 0.466 e. The molecule has 0 amide bonds. The Hall–Kier alpha value is -4.85. The molecular formula is C33H44N2O7Si2. The highest BCUT2D eigenvalue weighted by molar-refractivity contribution is 6.84. The van der Waals surface area contributed by atoms with Crippen LogP contribution in [0.2, 0.25) is 39.3 Å². The molecule has 0 aliphatic carbocycles. The van der Waals surface area contributed by atoms with Crippen LogP contribution in [0.15, 0.2) is 65.1 Å². The summed E-state index contributed by atoms with van der Waals surface area (Å²) in [5, 5.41) is 3.42. The molecule has 0 aliphatic heterocycles. The van der Waals surface area contributed by atoms with E-state index < -0.39 is 34.1 Å². The second kappa shape index (κ2) is 15.6. The predicted molar refractivity (Wildman–Crippen MR) is 185 cm³/mol. The van der Waals surface area contributed by atoms with Crippen LogP contribution in [0.1, 0.15) is 25.9 Å². The van der Waals surface area contributed by atoms with Crippen LogP contribution in [0.4, 0.5) is 5.69 Å². The number of benzene rings is 2. The van der Waals surface area contributed by atoms with Crippen LogP contribution in [0.5, 0.6) is 0 Å². The van der Waals surface area contributed by atoms with Gasteiger partial charge in [0.15, 0.2) is 5.43 Å². The maximum Gasteiger partial charge on any atom is 0.354 e. The second-order valence-electron chi connectivity index (χ2n) is 11.5. The third-order valence-electron chi connectivity index (χ3n) is 5.48. The molecule has 0 spiro atoms. The number of pyridine rings is 1. The average molecular weight is 637 g/mol. The Morgan fingerprint density at radius 3 is 1.98 bits per heavy atom. The number of anilines is 1. The summed E-state index contributed by atoms with van der Waals surface area (Å²) in [5.41, 5.74) is 9.10. The zero-order valence-corrected chi connectivity index (χ0v) is 28.6. The molecule has 0 atom stereocenters. The number of methoxy groups -OCH3 is 3. The maximum atomic E-state index is 12.1. The van der Waals surface area contributed by atoms with E-state index in [-0.39, 0.29) is 21.1 Å². The molecule has 0 radical (unpaired) electrons. The van der Waals surface area contributed by atoms with Gasteiger partial charge in [0.25, 0.3) is 0 Å². The molecule has 1 aromatic heterocycles. The molecule has 3 aromatic rings. The SMILES string of the molecule is COC(=O)/C=C(/Nc1ccccc1C#C[Si](C)(C)C)C(=O)OC.COC(=O)c1cc(=O)c2cccc(C#C[Si](C)(C)C)c2[nH]1.[HH].[HH].[HH]. The number of esters is 3. The van der Waals surface area contributed by atoms with E-state index in [1.807, 2.05) is 24.3 Å². The highest BCUT2D eigenvalue weighted by Crippen LogP contribution is 2.18. The molecule has 236 valence electrons. The highest BCUT2D eigenvalue weighted by atomic mass is 28.3. The Morgan fingerprint density at radius 2 is 1.41 bits per heavy atom. The van der Waals surface area contributed by atoms with E-state index in [0.717, 1.165) is 17.2 Å². The van der Waals surface area contributed by atoms with Crippen molar-refractivity contribution < 1.29 is 32.9 Å². The average Bonchev–Trinajstić information content (AvgIpc) is 2.97. The van der Waals surface area contributed by atoms with Crippen molar-refractivity contribution in [3.63, 3.8) is 0 Å². The molecule has 2 aromatic carbocycles. The summed E-state index contributed by atoms with van der Waals surface area (Å²) in [7, 11) is 0.698. The Bertz CT molecular complexity index is 1770. The molecule has 0 fully saturated rings. The molecule has 0 aliphatic rings. The van der Waals surface area contributed by atoms with Crippen LogP contribution in [0, 0.1) is 22.9 Å². The van der Waals surface area contributed by atoms with Gasteiger partial charge in [-0.05, 0) is 24.3 Å². The molecule has 1 heterocycles. The van der Waals surface area contributed by atoms with E-state index in [0.29, 0.717) is 16.6 Å². The minimum Gasteiger partial charge on any atom is -0.466 e. The number of para-hydroxylation sites is 2. The Balaban J connectivity index is 0. The van der Waals surface area contributed by atoms with Gasteiger partial charge in [-0.2, -0.15) is 0 Å². The Morgan fingerprint density at radius 1 is 0.818 bits per heavy atom. The number of ether oxygens (including phenoxy) is 3. The van der Waals surface area contributed by atoms with Crippen molar-refractivity contribution in [1.29, 1.82) is 0 Å². The fourth-order valence-electron chi connectivity index (χ4n) is 3.38. The number of aromatic amines is 1. The maximum absolute atomic E-state index is 12.1. The normalized spacial score (nSPS) is 11.0. The van der Waals surface area contributed by atoms with E-state index in [2.05, 4.69) is 86.7 Å². The van der Waals surface area contributed by atoms with Crippen molar-refractivity contribution in [3.8, 4) is 22.9 Å². The van der Waals surface area contributed by atoms with Crippen molar-refractivity contribution in [1.82, 2.24) is 4.98 Å². The summed E-state index contributed by atoms with van der Waals surface area (Å²) in [6, 6.07) is 13.9. The minimum atomic E-state index is -1.53. The van der Waals surface area contributed by atoms with Gasteiger partial charge < -0.3 is 24.5 Å². The fraction of sp³-hybridized carbons (Fsp3) is 0.273. The molecule has 44 heavy (non-hydrogen) atoms. The first-order chi connectivity index (χ1) is 20.6. The van der Waals surface area contributed by atoms with Gasteiger partial charge in [0.05, 0.1) is 38.6 Å². The van der Waals surface area contributed by atoms with Crippen molar-refractivity contribution in [2.75, 3.05) is 26.6 Å². The second-order valence-corrected chi connectivity index (χ2v) is 21.0. The zero-order valence-electron chi connectivity index (χ0n) is 26.6. The van der Waals surface area contributed by atoms with Crippen LogP contribution in [-0.4, -0.2) is 60.4 Å². The number of H-pyrrole nitrogens is 1. The molecule has 3 rings (SSSR count). The molecular weight excluding hydrogens is 593 g/mol. The summed E-state index contributed by atoms with van der Waals surface area (Å²) in [6.45, 7) is 12.9. The highest BCUT2D eigenvalue weighted by Gasteiger charge is 2.15. The third kappa shape index (κ3) is 11.1. The van der Waals surface area contributed by atoms with Gasteiger partial charge in [0, 0.05) is 26.9 Å². The van der Waals surface area contributed by atoms with Gasteiger partial charge in [0.1, 0.15) is 27.5 Å². The number of fused-ring (bicyclic) bond motifs is 1. The molecule has 2 N–H and O–H groups in total. The van der Waals surface area contributed by atoms with E-state index in [1.54, 1.807) is 18.2 Å². The number of aromatic nitrogens is 1. The number of rotatable bonds is 5. The summed E-state index contributed by atoms with van der Waals surface area (Å²) < 4.78 is 13.9. The summed E-state index contributed by atoms with van der Waals surface area (Å²) in [4.78, 5) is 49.9. The predicted octanol–water partition coefficient (Wildman–Crippen LogP) is 5.84. The zero-order chi connectivity index (χ0) is 33.1. The summed E-state index contributed by atoms with van der Waals surface area (Å²) in [5.74, 6) is 4.38. The Kier molecular flexibility index (Phi) is 12.5. The molecule has 11 heteroatoms. The number of carbonyl (C=O) groups excluding carboxylic acids is 3. The molecule has 0 bridgehead atoms. The van der Waals surface area contributed by atoms with Crippen molar-refractivity contribution in [2.24, 2.45) is 0 Å². The van der Waals surface area contributed by atoms with E-state index in [4.69, 9.17) is 0 Å². The summed E-state index contributed by atoms with van der Waals surface area (Å²) in [6.07, 6.45) is 1.05. The fourth-order valence-corrected chi connectivity index (χ4v) is 4.40. The number of nitrogens with one attached hydrogen (secondary N) is 2. The lowest BCUT2D eigenvalue weighted by Crippen LogP contribution is -2.17. The number of hydrogen-bond acceptors (Lipinski definition) is 8. The van der Waals surface area contributed by atoms with E-state index in [1.165, 1.54) is 27.4 Å². The summed E-state index contributed by atoms with van der Waals surface area (Å²) >= 11 is 0. The quantitative estimate of drug-likeness (QED) is 0.118. The van der Waals surface area contributed by atoms with Crippen molar-refractivity contribution in [3.05, 3.63) is 87.3 Å². The smallest absolute Gasteiger partial charge is 0.354 e. The van der Waals surface area contributed by atoms with Gasteiger partial charge in [0.2, 0.25) is 0 Å².